The fraction of sp³-hybridized carbons (Fsp3) is 0.100. The van der Waals surface area contributed by atoms with Crippen LogP contribution in [0.5, 0.6) is 0 Å². The highest BCUT2D eigenvalue weighted by molar-refractivity contribution is 8.00. The van der Waals surface area contributed by atoms with Gasteiger partial charge >= 0.3 is 0 Å². The van der Waals surface area contributed by atoms with Crippen LogP contribution in [0.2, 0.25) is 0 Å². The Bertz CT molecular complexity index is 1430. The van der Waals surface area contributed by atoms with E-state index >= 15 is 0 Å². The maximum Gasteiger partial charge on any atom is 0.272 e. The fourth-order valence-electron chi connectivity index (χ4n) is 3.68. The summed E-state index contributed by atoms with van der Waals surface area (Å²) in [7, 11) is 0. The lowest BCUT2D eigenvalue weighted by Gasteiger charge is -2.11. The van der Waals surface area contributed by atoms with Gasteiger partial charge in [0, 0.05) is 26.7 Å². The van der Waals surface area contributed by atoms with Gasteiger partial charge in [0.2, 0.25) is 5.91 Å². The Morgan fingerprint density at radius 3 is 2.18 bits per heavy atom. The molecule has 4 aromatic rings. The van der Waals surface area contributed by atoms with Crippen LogP contribution in [0.3, 0.4) is 0 Å². The van der Waals surface area contributed by atoms with Crippen molar-refractivity contribution >= 4 is 58.3 Å². The van der Waals surface area contributed by atoms with E-state index in [2.05, 4.69) is 22.0 Å². The Hall–Kier alpha value is -4.14. The van der Waals surface area contributed by atoms with Crippen LogP contribution in [0.15, 0.2) is 101 Å². The summed E-state index contributed by atoms with van der Waals surface area (Å²) in [6.07, 6.45) is 1.65. The van der Waals surface area contributed by atoms with E-state index in [1.54, 1.807) is 42.5 Å². The quantitative estimate of drug-likeness (QED) is 0.167. The standard InChI is InChI=1S/C30H27N3O3S2/c1-20-15-21(2)17-24(16-20)31-28(34)19-38-25-12-10-23(11-13-25)32-30(36)27(18-26-9-6-14-37-26)33-29(35)22-7-4-3-5-8-22/h3-18H,19H2,1-2H3,(H,31,34)(H,32,36)(H,33,35). The minimum atomic E-state index is -0.434. The molecule has 38 heavy (non-hydrogen) atoms. The van der Waals surface area contributed by atoms with E-state index < -0.39 is 5.91 Å². The lowest BCUT2D eigenvalue weighted by molar-refractivity contribution is -0.114. The summed E-state index contributed by atoms with van der Waals surface area (Å²) in [4.78, 5) is 39.9. The maximum absolute atomic E-state index is 13.1. The number of benzene rings is 3. The second-order valence-electron chi connectivity index (χ2n) is 8.59. The molecule has 0 saturated carbocycles. The smallest absolute Gasteiger partial charge is 0.272 e. The van der Waals surface area contributed by atoms with Crippen molar-refractivity contribution in [3.05, 3.63) is 118 Å². The van der Waals surface area contributed by atoms with Gasteiger partial charge in [-0.1, -0.05) is 30.3 Å². The van der Waals surface area contributed by atoms with Crippen molar-refractivity contribution in [3.8, 4) is 0 Å². The minimum absolute atomic E-state index is 0.0881. The molecule has 1 heterocycles. The highest BCUT2D eigenvalue weighted by Crippen LogP contribution is 2.22. The van der Waals surface area contributed by atoms with Gasteiger partial charge < -0.3 is 16.0 Å². The zero-order chi connectivity index (χ0) is 26.9. The predicted octanol–water partition coefficient (Wildman–Crippen LogP) is 6.51. The third-order valence-corrected chi connectivity index (χ3v) is 7.18. The van der Waals surface area contributed by atoms with Gasteiger partial charge in [0.1, 0.15) is 5.70 Å². The van der Waals surface area contributed by atoms with E-state index in [1.165, 1.54) is 23.1 Å². The van der Waals surface area contributed by atoms with Crippen molar-refractivity contribution < 1.29 is 14.4 Å². The summed E-state index contributed by atoms with van der Waals surface area (Å²) in [5, 5.41) is 10.4. The molecule has 0 radical (unpaired) electrons. The molecule has 3 N–H and O–H groups in total. The summed E-state index contributed by atoms with van der Waals surface area (Å²) < 4.78 is 0. The Morgan fingerprint density at radius 1 is 0.816 bits per heavy atom. The molecule has 0 saturated heterocycles. The normalized spacial score (nSPS) is 11.1. The van der Waals surface area contributed by atoms with E-state index in [0.717, 1.165) is 26.6 Å². The largest absolute Gasteiger partial charge is 0.325 e. The van der Waals surface area contributed by atoms with Crippen LogP contribution >= 0.6 is 23.1 Å². The summed E-state index contributed by atoms with van der Waals surface area (Å²) in [5.41, 5.74) is 4.15. The van der Waals surface area contributed by atoms with Crippen molar-refractivity contribution in [3.63, 3.8) is 0 Å². The molecule has 0 spiro atoms. The molecule has 0 fully saturated rings. The number of hydrogen-bond donors (Lipinski definition) is 3. The van der Waals surface area contributed by atoms with Crippen LogP contribution in [-0.2, 0) is 9.59 Å². The van der Waals surface area contributed by atoms with Crippen LogP contribution in [0.4, 0.5) is 11.4 Å². The summed E-state index contributed by atoms with van der Waals surface area (Å²) in [6.45, 7) is 3.99. The van der Waals surface area contributed by atoms with E-state index in [0.29, 0.717) is 11.3 Å². The van der Waals surface area contributed by atoms with Crippen molar-refractivity contribution in [2.75, 3.05) is 16.4 Å². The molecule has 0 aliphatic heterocycles. The Labute approximate surface area is 230 Å². The van der Waals surface area contributed by atoms with Crippen molar-refractivity contribution in [2.45, 2.75) is 18.7 Å². The van der Waals surface area contributed by atoms with E-state index in [-0.39, 0.29) is 23.3 Å². The molecule has 1 aromatic heterocycles. The van der Waals surface area contributed by atoms with Gasteiger partial charge in [-0.15, -0.1) is 23.1 Å². The van der Waals surface area contributed by atoms with Gasteiger partial charge in [-0.3, -0.25) is 14.4 Å². The molecule has 0 aliphatic carbocycles. The molecule has 3 aromatic carbocycles. The Kier molecular flexibility index (Phi) is 9.13. The number of anilines is 2. The predicted molar refractivity (Wildman–Crippen MR) is 157 cm³/mol. The molecule has 0 atom stereocenters. The second kappa shape index (κ2) is 12.9. The third kappa shape index (κ3) is 7.93. The molecule has 8 heteroatoms. The first kappa shape index (κ1) is 26.9. The van der Waals surface area contributed by atoms with Crippen LogP contribution in [0.25, 0.3) is 6.08 Å². The Balaban J connectivity index is 1.36. The average molecular weight is 542 g/mol. The van der Waals surface area contributed by atoms with Crippen LogP contribution in [0, 0.1) is 13.8 Å². The van der Waals surface area contributed by atoms with E-state index in [1.807, 2.05) is 61.7 Å². The summed E-state index contributed by atoms with van der Waals surface area (Å²) in [6, 6.07) is 25.6. The lowest BCUT2D eigenvalue weighted by atomic mass is 10.1. The zero-order valence-corrected chi connectivity index (χ0v) is 22.6. The van der Waals surface area contributed by atoms with Crippen LogP contribution in [0.1, 0.15) is 26.4 Å². The van der Waals surface area contributed by atoms with Gasteiger partial charge in [0.25, 0.3) is 11.8 Å². The van der Waals surface area contributed by atoms with Gasteiger partial charge in [-0.05, 0) is 91.0 Å². The number of nitrogens with one attached hydrogen (secondary N) is 3. The summed E-state index contributed by atoms with van der Waals surface area (Å²) in [5.74, 6) is -0.627. The number of aryl methyl sites for hydroxylation is 2. The number of amides is 3. The SMILES string of the molecule is Cc1cc(C)cc(NC(=O)CSc2ccc(NC(=O)C(=Cc3cccs3)NC(=O)c3ccccc3)cc2)c1. The molecular formula is C30H27N3O3S2. The minimum Gasteiger partial charge on any atom is -0.325 e. The van der Waals surface area contributed by atoms with Gasteiger partial charge in [-0.2, -0.15) is 0 Å². The number of thioether (sulfide) groups is 1. The van der Waals surface area contributed by atoms with Gasteiger partial charge in [0.05, 0.1) is 5.75 Å². The lowest BCUT2D eigenvalue weighted by Crippen LogP contribution is -2.30. The molecule has 0 bridgehead atoms. The number of carbonyl (C=O) groups is 3. The molecular weight excluding hydrogens is 514 g/mol. The average Bonchev–Trinajstić information content (AvgIpc) is 3.41. The van der Waals surface area contributed by atoms with Crippen molar-refractivity contribution in [1.29, 1.82) is 0 Å². The topological polar surface area (TPSA) is 87.3 Å². The van der Waals surface area contributed by atoms with Crippen molar-refractivity contribution in [2.24, 2.45) is 0 Å². The zero-order valence-electron chi connectivity index (χ0n) is 21.0. The number of carbonyl (C=O) groups excluding carboxylic acids is 3. The highest BCUT2D eigenvalue weighted by Gasteiger charge is 2.15. The molecule has 4 rings (SSSR count). The van der Waals surface area contributed by atoms with E-state index in [4.69, 9.17) is 0 Å². The van der Waals surface area contributed by atoms with Crippen molar-refractivity contribution in [1.82, 2.24) is 5.32 Å². The number of hydrogen-bond acceptors (Lipinski definition) is 5. The van der Waals surface area contributed by atoms with Crippen LogP contribution < -0.4 is 16.0 Å². The van der Waals surface area contributed by atoms with E-state index in [9.17, 15) is 14.4 Å². The molecule has 3 amide bonds. The highest BCUT2D eigenvalue weighted by atomic mass is 32.2. The molecule has 0 aliphatic rings. The monoisotopic (exact) mass is 541 g/mol. The molecule has 192 valence electrons. The first-order valence-electron chi connectivity index (χ1n) is 11.9. The Morgan fingerprint density at radius 2 is 1.53 bits per heavy atom. The van der Waals surface area contributed by atoms with Crippen LogP contribution in [-0.4, -0.2) is 23.5 Å². The number of thiophene rings is 1. The second-order valence-corrected chi connectivity index (χ2v) is 10.6. The fourth-order valence-corrected chi connectivity index (χ4v) is 5.04. The number of rotatable bonds is 9. The molecule has 0 unspecified atom stereocenters. The van der Waals surface area contributed by atoms with Gasteiger partial charge in [-0.25, -0.2) is 0 Å². The maximum atomic E-state index is 13.1. The third-order valence-electron chi connectivity index (χ3n) is 5.35. The summed E-state index contributed by atoms with van der Waals surface area (Å²) >= 11 is 2.87. The first-order valence-corrected chi connectivity index (χ1v) is 13.8. The van der Waals surface area contributed by atoms with Gasteiger partial charge in [0.15, 0.2) is 0 Å². The first-order chi connectivity index (χ1) is 18.4. The molecule has 6 nitrogen and oxygen atoms in total.